The number of esters is 1. The highest BCUT2D eigenvalue weighted by molar-refractivity contribution is 5.90. The summed E-state index contributed by atoms with van der Waals surface area (Å²) in [4.78, 5) is 11.6. The Balaban J connectivity index is 1.12. The van der Waals surface area contributed by atoms with Crippen LogP contribution >= 0.6 is 0 Å². The van der Waals surface area contributed by atoms with Crippen molar-refractivity contribution >= 4 is 5.97 Å². The molecule has 8 nitrogen and oxygen atoms in total. The van der Waals surface area contributed by atoms with Crippen LogP contribution in [0.4, 0.5) is 0 Å². The number of rotatable bonds is 25. The van der Waals surface area contributed by atoms with Crippen molar-refractivity contribution in [2.75, 3.05) is 0 Å². The van der Waals surface area contributed by atoms with Crippen molar-refractivity contribution in [3.8, 4) is 0 Å². The molecule has 0 aromatic heterocycles. The first-order chi connectivity index (χ1) is 21.8. The average molecular weight is 639 g/mol. The molecule has 0 radical (unpaired) electrons. The number of unbranched alkanes of at least 4 members (excludes halogenated alkanes) is 12. The van der Waals surface area contributed by atoms with E-state index in [0.29, 0.717) is 12.8 Å². The summed E-state index contributed by atoms with van der Waals surface area (Å²) in [6, 6.07) is 0. The Morgan fingerprint density at radius 1 is 0.644 bits per heavy atom. The molecule has 0 aliphatic carbocycles. The largest absolute Gasteiger partial charge is 0.455 e. The summed E-state index contributed by atoms with van der Waals surface area (Å²) in [5.41, 5.74) is 0.859. The number of carbonyl (C=O) groups is 1. The van der Waals surface area contributed by atoms with Crippen LogP contribution in [0.5, 0.6) is 0 Å². The van der Waals surface area contributed by atoms with Crippen molar-refractivity contribution in [3.05, 3.63) is 11.6 Å². The second-order valence-corrected chi connectivity index (χ2v) is 14.1. The molecule has 8 heteroatoms. The van der Waals surface area contributed by atoms with E-state index in [1.165, 1.54) is 44.9 Å². The minimum absolute atomic E-state index is 0.0145. The van der Waals surface area contributed by atoms with Crippen LogP contribution in [0.1, 0.15) is 162 Å². The third-order valence-electron chi connectivity index (χ3n) is 10.2. The van der Waals surface area contributed by atoms with Crippen LogP contribution in [-0.2, 0) is 19.0 Å². The first-order valence-electron chi connectivity index (χ1n) is 18.7. The third-order valence-corrected chi connectivity index (χ3v) is 10.2. The molecule has 0 unspecified atom stereocenters. The van der Waals surface area contributed by atoms with E-state index >= 15 is 0 Å². The minimum Gasteiger partial charge on any atom is -0.455 e. The van der Waals surface area contributed by atoms with Gasteiger partial charge in [0.05, 0.1) is 48.8 Å². The maximum Gasteiger partial charge on any atom is 0.334 e. The van der Waals surface area contributed by atoms with Gasteiger partial charge in [-0.1, -0.05) is 90.4 Å². The standard InChI is InChI=1S/C37H66O8/c1-3-29(38)30(39)19-15-12-13-17-21-32(41)34-23-25-36(45-34)35-24-22-33(44-35)31(40)20-16-11-9-7-5-4-6-8-10-14-18-28-26-27(2)43-37(28)42/h26-27,29-36,38-41H,3-25H2,1-2H3/t27-,29-,30+,31+,32+,33+,34+,35+,36+/m0/s1. The number of carbonyl (C=O) groups excluding carboxylic acids is 1. The number of hydrogen-bond acceptors (Lipinski definition) is 8. The van der Waals surface area contributed by atoms with Gasteiger partial charge in [-0.3, -0.25) is 0 Å². The zero-order valence-corrected chi connectivity index (χ0v) is 28.5. The molecule has 3 rings (SSSR count). The Morgan fingerprint density at radius 3 is 1.53 bits per heavy atom. The Labute approximate surface area is 273 Å². The summed E-state index contributed by atoms with van der Waals surface area (Å²) in [6.45, 7) is 3.79. The lowest BCUT2D eigenvalue weighted by atomic mass is 10.00. The summed E-state index contributed by atoms with van der Waals surface area (Å²) in [5, 5.41) is 41.0. The van der Waals surface area contributed by atoms with Gasteiger partial charge in [-0.25, -0.2) is 4.79 Å². The van der Waals surface area contributed by atoms with Crippen LogP contribution in [0.25, 0.3) is 0 Å². The Morgan fingerprint density at radius 2 is 1.09 bits per heavy atom. The number of ether oxygens (including phenoxy) is 3. The summed E-state index contributed by atoms with van der Waals surface area (Å²) in [7, 11) is 0. The molecule has 3 heterocycles. The van der Waals surface area contributed by atoms with Gasteiger partial charge in [0.15, 0.2) is 0 Å². The summed E-state index contributed by atoms with van der Waals surface area (Å²) >= 11 is 0. The van der Waals surface area contributed by atoms with Gasteiger partial charge < -0.3 is 34.6 Å². The van der Waals surface area contributed by atoms with E-state index in [9.17, 15) is 25.2 Å². The third kappa shape index (κ3) is 14.3. The van der Waals surface area contributed by atoms with E-state index in [-0.39, 0.29) is 36.5 Å². The Bertz CT molecular complexity index is 833. The molecular weight excluding hydrogens is 572 g/mol. The maximum atomic E-state index is 11.6. The smallest absolute Gasteiger partial charge is 0.334 e. The van der Waals surface area contributed by atoms with Crippen molar-refractivity contribution in [3.63, 3.8) is 0 Å². The Kier molecular flexibility index (Phi) is 18.6. The number of aliphatic hydroxyl groups excluding tert-OH is 4. The number of hydrogen-bond donors (Lipinski definition) is 4. The fourth-order valence-corrected chi connectivity index (χ4v) is 7.29. The second-order valence-electron chi connectivity index (χ2n) is 14.1. The van der Waals surface area contributed by atoms with Gasteiger partial charge in [-0.15, -0.1) is 0 Å². The number of cyclic esters (lactones) is 1. The van der Waals surface area contributed by atoms with E-state index in [2.05, 4.69) is 0 Å². The van der Waals surface area contributed by atoms with Crippen molar-refractivity contribution in [2.45, 2.75) is 216 Å². The topological polar surface area (TPSA) is 126 Å². The first-order valence-corrected chi connectivity index (χ1v) is 18.7. The average Bonchev–Trinajstić information content (AvgIpc) is 3.78. The molecule has 45 heavy (non-hydrogen) atoms. The van der Waals surface area contributed by atoms with Gasteiger partial charge in [0.2, 0.25) is 0 Å². The molecule has 2 saturated heterocycles. The maximum absolute atomic E-state index is 11.6. The van der Waals surface area contributed by atoms with Gasteiger partial charge in [-0.2, -0.15) is 0 Å². The van der Waals surface area contributed by atoms with Crippen LogP contribution in [-0.4, -0.2) is 81.3 Å². The molecule has 0 aromatic carbocycles. The molecule has 0 aromatic rings. The predicted molar refractivity (Wildman–Crippen MR) is 177 cm³/mol. The fraction of sp³-hybridized carbons (Fsp3) is 0.919. The zero-order valence-electron chi connectivity index (χ0n) is 28.5. The highest BCUT2D eigenvalue weighted by atomic mass is 16.6. The van der Waals surface area contributed by atoms with E-state index in [0.717, 1.165) is 95.5 Å². The van der Waals surface area contributed by atoms with Crippen LogP contribution in [0.2, 0.25) is 0 Å². The van der Waals surface area contributed by atoms with Crippen molar-refractivity contribution in [2.24, 2.45) is 0 Å². The highest BCUT2D eigenvalue weighted by Crippen LogP contribution is 2.34. The van der Waals surface area contributed by atoms with E-state index < -0.39 is 24.4 Å². The van der Waals surface area contributed by atoms with Gasteiger partial charge >= 0.3 is 5.97 Å². The van der Waals surface area contributed by atoms with E-state index in [1.807, 2.05) is 19.9 Å². The van der Waals surface area contributed by atoms with Crippen molar-refractivity contribution < 1.29 is 39.4 Å². The highest BCUT2D eigenvalue weighted by Gasteiger charge is 2.40. The van der Waals surface area contributed by atoms with Crippen LogP contribution in [0.3, 0.4) is 0 Å². The monoisotopic (exact) mass is 638 g/mol. The van der Waals surface area contributed by atoms with E-state index in [4.69, 9.17) is 14.2 Å². The summed E-state index contributed by atoms with van der Waals surface area (Å²) in [6.07, 6.45) is 22.5. The minimum atomic E-state index is -0.628. The van der Waals surface area contributed by atoms with Gasteiger partial charge in [0, 0.05) is 5.57 Å². The SMILES string of the molecule is CC[C@H](O)[C@H](O)CCCCCC[C@@H](O)[C@H]1CC[C@H]([C@H]2CC[C@H]([C@H](O)CCCCCCCCCCCCC3=C[C@H](C)OC3=O)O2)O1. The lowest BCUT2D eigenvalue weighted by Crippen LogP contribution is -2.33. The quantitative estimate of drug-likeness (QED) is 0.0634. The molecule has 9 atom stereocenters. The molecule has 2 fully saturated rings. The molecule has 0 amide bonds. The van der Waals surface area contributed by atoms with Gasteiger partial charge in [-0.05, 0) is 77.2 Å². The first kappa shape index (κ1) is 38.4. The van der Waals surface area contributed by atoms with Crippen molar-refractivity contribution in [1.82, 2.24) is 0 Å². The molecule has 4 N–H and O–H groups in total. The molecule has 3 aliphatic heterocycles. The molecule has 3 aliphatic rings. The predicted octanol–water partition coefficient (Wildman–Crippen LogP) is 6.83. The summed E-state index contributed by atoms with van der Waals surface area (Å²) < 4.78 is 17.7. The van der Waals surface area contributed by atoms with Crippen molar-refractivity contribution in [1.29, 1.82) is 0 Å². The molecule has 0 bridgehead atoms. The molecule has 0 spiro atoms. The van der Waals surface area contributed by atoms with Gasteiger partial charge in [0.25, 0.3) is 0 Å². The van der Waals surface area contributed by atoms with Crippen LogP contribution in [0.15, 0.2) is 11.6 Å². The van der Waals surface area contributed by atoms with Gasteiger partial charge in [0.1, 0.15) is 6.10 Å². The van der Waals surface area contributed by atoms with Crippen LogP contribution < -0.4 is 0 Å². The Hall–Kier alpha value is -1.03. The normalized spacial score (nSPS) is 27.8. The lowest BCUT2D eigenvalue weighted by molar-refractivity contribution is -0.139. The molecule has 262 valence electrons. The number of aliphatic hydroxyl groups is 4. The van der Waals surface area contributed by atoms with Crippen LogP contribution in [0, 0.1) is 0 Å². The summed E-state index contributed by atoms with van der Waals surface area (Å²) in [5.74, 6) is -0.127. The lowest BCUT2D eigenvalue weighted by Gasteiger charge is -2.24. The van der Waals surface area contributed by atoms with E-state index in [1.54, 1.807) is 0 Å². The fourth-order valence-electron chi connectivity index (χ4n) is 7.29. The molecule has 0 saturated carbocycles. The second kappa shape index (κ2) is 21.8. The zero-order chi connectivity index (χ0) is 32.4. The molecular formula is C37H66O8.